The van der Waals surface area contributed by atoms with E-state index in [0.29, 0.717) is 28.6 Å². The van der Waals surface area contributed by atoms with E-state index in [4.69, 9.17) is 32.2 Å². The van der Waals surface area contributed by atoms with Crippen LogP contribution in [0, 0.1) is 18.3 Å². The van der Waals surface area contributed by atoms with Crippen molar-refractivity contribution in [1.29, 1.82) is 5.26 Å². The van der Waals surface area contributed by atoms with E-state index in [-0.39, 0.29) is 16.1 Å². The van der Waals surface area contributed by atoms with Crippen molar-refractivity contribution in [3.63, 3.8) is 0 Å². The summed E-state index contributed by atoms with van der Waals surface area (Å²) in [5.41, 5.74) is 2.31. The third-order valence-corrected chi connectivity index (χ3v) is 6.18. The molecule has 0 spiro atoms. The second-order valence-corrected chi connectivity index (χ2v) is 8.63. The number of hydrogen-bond acceptors (Lipinski definition) is 8. The van der Waals surface area contributed by atoms with E-state index in [0.717, 1.165) is 11.3 Å². The van der Waals surface area contributed by atoms with Crippen LogP contribution in [0.5, 0.6) is 11.5 Å². The molecule has 10 heteroatoms. The molecule has 2 unspecified atom stereocenters. The number of imide groups is 1. The van der Waals surface area contributed by atoms with E-state index >= 15 is 0 Å². The topological polar surface area (TPSA) is 138 Å². The fourth-order valence-electron chi connectivity index (χ4n) is 3.46. The highest BCUT2D eigenvalue weighted by atomic mass is 35.5. The molecule has 2 atom stereocenters. The molecular formula is C27H27ClN4O5. The van der Waals surface area contributed by atoms with Gasteiger partial charge in [-0.05, 0) is 73.5 Å². The molecule has 4 N–H and O–H groups in total. The minimum atomic E-state index is -1.25. The summed E-state index contributed by atoms with van der Waals surface area (Å²) in [4.78, 5) is 25.9. The molecule has 0 saturated carbocycles. The van der Waals surface area contributed by atoms with Gasteiger partial charge in [0, 0.05) is 11.3 Å². The Morgan fingerprint density at radius 3 is 2.30 bits per heavy atom. The number of anilines is 1. The van der Waals surface area contributed by atoms with Crippen LogP contribution in [0.4, 0.5) is 5.69 Å². The summed E-state index contributed by atoms with van der Waals surface area (Å²) < 4.78 is 10.9. The Balaban J connectivity index is 1.67. The molecule has 0 saturated heterocycles. The predicted molar refractivity (Wildman–Crippen MR) is 139 cm³/mol. The number of nitrogens with one attached hydrogen (secondary N) is 1. The lowest BCUT2D eigenvalue weighted by Gasteiger charge is -2.26. The third-order valence-electron chi connectivity index (χ3n) is 5.69. The Morgan fingerprint density at radius 2 is 1.73 bits per heavy atom. The van der Waals surface area contributed by atoms with Gasteiger partial charge in [0.05, 0.1) is 23.8 Å². The van der Waals surface area contributed by atoms with Gasteiger partial charge in [-0.2, -0.15) is 5.26 Å². The van der Waals surface area contributed by atoms with Crippen molar-refractivity contribution in [2.75, 3.05) is 12.4 Å². The summed E-state index contributed by atoms with van der Waals surface area (Å²) in [5, 5.41) is 22.9. The van der Waals surface area contributed by atoms with Crippen LogP contribution >= 0.6 is 11.6 Å². The number of amides is 2. The van der Waals surface area contributed by atoms with E-state index in [1.54, 1.807) is 32.2 Å². The highest BCUT2D eigenvalue weighted by Gasteiger charge is 2.31. The van der Waals surface area contributed by atoms with Crippen molar-refractivity contribution >= 4 is 29.1 Å². The summed E-state index contributed by atoms with van der Waals surface area (Å²) in [6.07, 6.45) is -1.20. The van der Waals surface area contributed by atoms with Gasteiger partial charge in [0.15, 0.2) is 0 Å². The predicted octanol–water partition coefficient (Wildman–Crippen LogP) is 3.81. The van der Waals surface area contributed by atoms with E-state index in [1.165, 1.54) is 25.1 Å². The largest absolute Gasteiger partial charge is 0.497 e. The van der Waals surface area contributed by atoms with Crippen molar-refractivity contribution in [3.8, 4) is 17.6 Å². The van der Waals surface area contributed by atoms with Crippen LogP contribution in [-0.4, -0.2) is 41.2 Å². The van der Waals surface area contributed by atoms with Gasteiger partial charge in [0.1, 0.15) is 30.2 Å². The van der Waals surface area contributed by atoms with Gasteiger partial charge in [-0.3, -0.25) is 9.59 Å². The maximum atomic E-state index is 13.0. The second-order valence-electron chi connectivity index (χ2n) is 8.25. The Bertz CT molecular complexity index is 1300. The van der Waals surface area contributed by atoms with Gasteiger partial charge in [-0.25, -0.2) is 10.9 Å². The van der Waals surface area contributed by atoms with Gasteiger partial charge < -0.3 is 19.9 Å². The number of nitrogens with zero attached hydrogens (tertiary/aromatic N) is 2. The molecule has 0 heterocycles. The van der Waals surface area contributed by atoms with Gasteiger partial charge in [-0.1, -0.05) is 23.7 Å². The fourth-order valence-corrected chi connectivity index (χ4v) is 3.66. The number of methoxy groups -OCH3 is 1. The first-order valence-corrected chi connectivity index (χ1v) is 11.7. The molecule has 0 aliphatic rings. The average Bonchev–Trinajstić information content (AvgIpc) is 2.92. The number of hydrazine groups is 1. The van der Waals surface area contributed by atoms with Gasteiger partial charge >= 0.3 is 0 Å². The van der Waals surface area contributed by atoms with E-state index in [2.05, 4.69) is 5.32 Å². The molecule has 9 nitrogen and oxygen atoms in total. The van der Waals surface area contributed by atoms with Gasteiger partial charge in [0.25, 0.3) is 11.8 Å². The number of hydrogen-bond donors (Lipinski definition) is 3. The number of benzene rings is 3. The minimum absolute atomic E-state index is 0.162. The lowest BCUT2D eigenvalue weighted by atomic mass is 10.1. The zero-order chi connectivity index (χ0) is 27.1. The standard InChI is InChI=1S/C27H27ClN4O5/c1-16-23(13-8-20(14-29)24(16)28)31-25(17(2)33)27(35)32(30)26(34)19-6-11-22(12-7-19)37-15-18-4-9-21(36-3)10-5-18/h4-13,17,25,31,33H,15,30H2,1-3H3. The first kappa shape index (κ1) is 27.5. The quantitative estimate of drug-likeness (QED) is 0.219. The molecule has 0 radical (unpaired) electrons. The lowest BCUT2D eigenvalue weighted by Crippen LogP contribution is -2.53. The molecule has 3 rings (SSSR count). The number of nitrogens with two attached hydrogens (primary N) is 1. The average molecular weight is 523 g/mol. The first-order valence-electron chi connectivity index (χ1n) is 11.3. The SMILES string of the molecule is COc1ccc(COc2ccc(C(=O)N(N)C(=O)C(Nc3ccc(C#N)c(Cl)c3C)C(C)O)cc2)cc1. The molecule has 192 valence electrons. The number of rotatable bonds is 9. The molecule has 3 aromatic rings. The Labute approximate surface area is 219 Å². The second kappa shape index (κ2) is 12.2. The molecule has 0 aromatic heterocycles. The molecule has 0 aliphatic heterocycles. The van der Waals surface area contributed by atoms with Crippen LogP contribution in [0.25, 0.3) is 0 Å². The number of halogens is 1. The fraction of sp³-hybridized carbons (Fsp3) is 0.222. The van der Waals surface area contributed by atoms with E-state index in [9.17, 15) is 14.7 Å². The third kappa shape index (κ3) is 6.57. The molecule has 0 bridgehead atoms. The van der Waals surface area contributed by atoms with Crippen LogP contribution in [0.2, 0.25) is 5.02 Å². The van der Waals surface area contributed by atoms with Crippen LogP contribution in [0.15, 0.2) is 60.7 Å². The maximum absolute atomic E-state index is 13.0. The minimum Gasteiger partial charge on any atom is -0.497 e. The summed E-state index contributed by atoms with van der Waals surface area (Å²) in [5.74, 6) is 5.54. The molecule has 0 fully saturated rings. The summed E-state index contributed by atoms with van der Waals surface area (Å²) in [6, 6.07) is 17.4. The maximum Gasteiger partial charge on any atom is 0.274 e. The van der Waals surface area contributed by atoms with Gasteiger partial charge in [-0.15, -0.1) is 0 Å². The van der Waals surface area contributed by atoms with Crippen LogP contribution in [-0.2, 0) is 11.4 Å². The van der Waals surface area contributed by atoms with Crippen molar-refractivity contribution in [1.82, 2.24) is 5.01 Å². The monoisotopic (exact) mass is 522 g/mol. The highest BCUT2D eigenvalue weighted by Crippen LogP contribution is 2.28. The van der Waals surface area contributed by atoms with E-state index < -0.39 is 24.0 Å². The Hall–Kier alpha value is -4.10. The van der Waals surface area contributed by atoms with Crippen molar-refractivity contribution in [2.45, 2.75) is 32.6 Å². The first-order chi connectivity index (χ1) is 17.7. The van der Waals surface area contributed by atoms with Crippen LogP contribution in [0.1, 0.15) is 34.0 Å². The zero-order valence-electron chi connectivity index (χ0n) is 20.6. The number of carbonyl (C=O) groups is 2. The number of aliphatic hydroxyl groups excluding tert-OH is 1. The van der Waals surface area contributed by atoms with Crippen molar-refractivity contribution in [2.24, 2.45) is 5.84 Å². The van der Waals surface area contributed by atoms with Crippen molar-refractivity contribution < 1.29 is 24.2 Å². The highest BCUT2D eigenvalue weighted by molar-refractivity contribution is 6.32. The Kier molecular flexibility index (Phi) is 9.09. The lowest BCUT2D eigenvalue weighted by molar-refractivity contribution is -0.131. The summed E-state index contributed by atoms with van der Waals surface area (Å²) in [6.45, 7) is 3.38. The normalized spacial score (nSPS) is 12.1. The Morgan fingerprint density at radius 1 is 1.11 bits per heavy atom. The number of carbonyl (C=O) groups excluding carboxylic acids is 2. The van der Waals surface area contributed by atoms with Crippen LogP contribution in [0.3, 0.4) is 0 Å². The number of ether oxygens (including phenoxy) is 2. The molecule has 0 aliphatic carbocycles. The van der Waals surface area contributed by atoms with E-state index in [1.807, 2.05) is 30.3 Å². The van der Waals surface area contributed by atoms with Crippen LogP contribution < -0.4 is 20.6 Å². The summed E-state index contributed by atoms with van der Waals surface area (Å²) in [7, 11) is 1.60. The summed E-state index contributed by atoms with van der Waals surface area (Å²) >= 11 is 6.20. The van der Waals surface area contributed by atoms with Crippen molar-refractivity contribution in [3.05, 3.63) is 87.9 Å². The molecule has 37 heavy (non-hydrogen) atoms. The molecular weight excluding hydrogens is 496 g/mol. The zero-order valence-corrected chi connectivity index (χ0v) is 21.3. The number of aliphatic hydroxyl groups is 1. The number of nitriles is 1. The smallest absolute Gasteiger partial charge is 0.274 e. The molecule has 2 amide bonds. The molecule has 3 aromatic carbocycles. The van der Waals surface area contributed by atoms with Gasteiger partial charge in [0.2, 0.25) is 0 Å².